The van der Waals surface area contributed by atoms with Crippen LogP contribution in [0.5, 0.6) is 0 Å². The summed E-state index contributed by atoms with van der Waals surface area (Å²) in [6, 6.07) is 0. The summed E-state index contributed by atoms with van der Waals surface area (Å²) in [6.07, 6.45) is 1.85. The van der Waals surface area contributed by atoms with Crippen LogP contribution in [0.3, 0.4) is 0 Å². The van der Waals surface area contributed by atoms with E-state index in [1.54, 1.807) is 0 Å². The van der Waals surface area contributed by atoms with Crippen molar-refractivity contribution in [1.82, 2.24) is 20.4 Å². The molecule has 1 unspecified atom stereocenters. The van der Waals surface area contributed by atoms with Crippen molar-refractivity contribution in [1.29, 1.82) is 0 Å². The summed E-state index contributed by atoms with van der Waals surface area (Å²) in [6.45, 7) is 19.9. The number of hydrogen-bond acceptors (Lipinski definition) is 3. The van der Waals surface area contributed by atoms with Crippen LogP contribution in [0.4, 0.5) is 0 Å². The zero-order valence-corrected chi connectivity index (χ0v) is 16.8. The van der Waals surface area contributed by atoms with E-state index < -0.39 is 0 Å². The number of piperazine rings is 1. The maximum Gasteiger partial charge on any atom is 0.191 e. The van der Waals surface area contributed by atoms with Gasteiger partial charge in [0.25, 0.3) is 0 Å². The Balaban J connectivity index is 0.00000441. The normalized spacial score (nSPS) is 18.4. The van der Waals surface area contributed by atoms with Gasteiger partial charge in [-0.3, -0.25) is 4.99 Å². The van der Waals surface area contributed by atoms with Gasteiger partial charge in [0, 0.05) is 52.4 Å². The zero-order chi connectivity index (χ0) is 15.5. The predicted octanol–water partition coefficient (Wildman–Crippen LogP) is 1.62. The molecule has 0 aliphatic carbocycles. The van der Waals surface area contributed by atoms with E-state index in [2.05, 4.69) is 52.8 Å². The van der Waals surface area contributed by atoms with E-state index in [9.17, 15) is 0 Å². The molecule has 0 radical (unpaired) electrons. The number of aliphatic imine (C=N–C) groups is 1. The Labute approximate surface area is 153 Å². The van der Waals surface area contributed by atoms with Crippen molar-refractivity contribution in [3.8, 4) is 0 Å². The molecule has 130 valence electrons. The van der Waals surface area contributed by atoms with E-state index in [0.29, 0.717) is 5.92 Å². The third-order valence-electron chi connectivity index (χ3n) is 3.80. The first-order chi connectivity index (χ1) is 10.2. The summed E-state index contributed by atoms with van der Waals surface area (Å²) < 4.78 is 0. The van der Waals surface area contributed by atoms with Crippen molar-refractivity contribution in [2.75, 3.05) is 58.9 Å². The Bertz CT molecular complexity index is 314. The lowest BCUT2D eigenvalue weighted by Crippen LogP contribution is -2.47. The average molecular weight is 423 g/mol. The fourth-order valence-electron chi connectivity index (χ4n) is 2.54. The van der Waals surface area contributed by atoms with Gasteiger partial charge < -0.3 is 20.4 Å². The number of guanidine groups is 1. The Kier molecular flexibility index (Phi) is 12.9. The molecular formula is C16H34IN5. The molecule has 1 saturated heterocycles. The highest BCUT2D eigenvalue weighted by molar-refractivity contribution is 14.0. The summed E-state index contributed by atoms with van der Waals surface area (Å²) in [5, 5.41) is 6.50. The number of hydrogen-bond donors (Lipinski definition) is 2. The smallest absolute Gasteiger partial charge is 0.191 e. The van der Waals surface area contributed by atoms with Gasteiger partial charge in [-0.05, 0) is 19.4 Å². The molecule has 1 atom stereocenters. The summed E-state index contributed by atoms with van der Waals surface area (Å²) in [5.41, 5.74) is 0. The van der Waals surface area contributed by atoms with Gasteiger partial charge in [0.05, 0.1) is 0 Å². The molecule has 0 aromatic carbocycles. The first-order valence-corrected chi connectivity index (χ1v) is 8.27. The van der Waals surface area contributed by atoms with E-state index in [-0.39, 0.29) is 24.0 Å². The maximum atomic E-state index is 4.66. The minimum atomic E-state index is 0. The van der Waals surface area contributed by atoms with Crippen molar-refractivity contribution in [2.45, 2.75) is 20.8 Å². The Morgan fingerprint density at radius 2 is 1.82 bits per heavy atom. The standard InChI is InChI=1S/C16H33N5.HI/c1-5-8-18-16(17-6-2)19-13-15(4)14-21-11-9-20(7-3)10-12-21;/h5,15H,1,6-14H2,2-4H3,(H2,17,18,19);1H. The highest BCUT2D eigenvalue weighted by atomic mass is 127. The molecule has 5 nitrogen and oxygen atoms in total. The fraction of sp³-hybridized carbons (Fsp3) is 0.812. The molecule has 6 heteroatoms. The van der Waals surface area contributed by atoms with Gasteiger partial charge in [-0.25, -0.2) is 0 Å². The highest BCUT2D eigenvalue weighted by Gasteiger charge is 2.17. The second kappa shape index (κ2) is 13.1. The first kappa shape index (κ1) is 21.7. The van der Waals surface area contributed by atoms with E-state index in [1.165, 1.54) is 32.7 Å². The van der Waals surface area contributed by atoms with Crippen LogP contribution in [-0.2, 0) is 0 Å². The van der Waals surface area contributed by atoms with Gasteiger partial charge >= 0.3 is 0 Å². The number of nitrogens with zero attached hydrogens (tertiary/aromatic N) is 3. The van der Waals surface area contributed by atoms with Crippen LogP contribution in [0, 0.1) is 5.92 Å². The number of nitrogens with one attached hydrogen (secondary N) is 2. The topological polar surface area (TPSA) is 42.9 Å². The van der Waals surface area contributed by atoms with Crippen LogP contribution in [0.2, 0.25) is 0 Å². The predicted molar refractivity (Wildman–Crippen MR) is 107 cm³/mol. The highest BCUT2D eigenvalue weighted by Crippen LogP contribution is 2.05. The lowest BCUT2D eigenvalue weighted by molar-refractivity contribution is 0.125. The fourth-order valence-corrected chi connectivity index (χ4v) is 2.54. The summed E-state index contributed by atoms with van der Waals surface area (Å²) >= 11 is 0. The largest absolute Gasteiger partial charge is 0.357 e. The minimum absolute atomic E-state index is 0. The van der Waals surface area contributed by atoms with E-state index in [1.807, 2.05) is 6.08 Å². The number of halogens is 1. The molecule has 0 bridgehead atoms. The van der Waals surface area contributed by atoms with Crippen molar-refractivity contribution in [3.63, 3.8) is 0 Å². The van der Waals surface area contributed by atoms with Gasteiger partial charge in [0.2, 0.25) is 0 Å². The van der Waals surface area contributed by atoms with Crippen LogP contribution in [0.15, 0.2) is 17.6 Å². The van der Waals surface area contributed by atoms with E-state index in [0.717, 1.165) is 32.1 Å². The second-order valence-electron chi connectivity index (χ2n) is 5.73. The van der Waals surface area contributed by atoms with Crippen molar-refractivity contribution < 1.29 is 0 Å². The molecule has 0 aromatic rings. The van der Waals surface area contributed by atoms with Crippen LogP contribution >= 0.6 is 24.0 Å². The molecule has 0 spiro atoms. The van der Waals surface area contributed by atoms with Gasteiger partial charge in [0.15, 0.2) is 5.96 Å². The molecule has 0 amide bonds. The molecule has 1 rings (SSSR count). The van der Waals surface area contributed by atoms with Gasteiger partial charge in [-0.15, -0.1) is 30.6 Å². The molecule has 1 fully saturated rings. The van der Waals surface area contributed by atoms with Crippen molar-refractivity contribution in [3.05, 3.63) is 12.7 Å². The van der Waals surface area contributed by atoms with Crippen molar-refractivity contribution >= 4 is 29.9 Å². The lowest BCUT2D eigenvalue weighted by atomic mass is 10.1. The maximum absolute atomic E-state index is 4.66. The van der Waals surface area contributed by atoms with Crippen LogP contribution in [0.25, 0.3) is 0 Å². The molecule has 2 N–H and O–H groups in total. The first-order valence-electron chi connectivity index (χ1n) is 8.27. The monoisotopic (exact) mass is 423 g/mol. The summed E-state index contributed by atoms with van der Waals surface area (Å²) in [5.74, 6) is 1.47. The molecule has 0 saturated carbocycles. The summed E-state index contributed by atoms with van der Waals surface area (Å²) in [4.78, 5) is 9.74. The number of likely N-dealkylation sites (N-methyl/N-ethyl adjacent to an activating group) is 1. The van der Waals surface area contributed by atoms with Crippen LogP contribution in [-0.4, -0.2) is 74.7 Å². The third-order valence-corrected chi connectivity index (χ3v) is 3.80. The minimum Gasteiger partial charge on any atom is -0.357 e. The van der Waals surface area contributed by atoms with Gasteiger partial charge in [-0.2, -0.15) is 0 Å². The second-order valence-corrected chi connectivity index (χ2v) is 5.73. The molecule has 1 aliphatic rings. The lowest BCUT2D eigenvalue weighted by Gasteiger charge is -2.35. The van der Waals surface area contributed by atoms with Crippen molar-refractivity contribution in [2.24, 2.45) is 10.9 Å². The molecular weight excluding hydrogens is 389 g/mol. The molecule has 22 heavy (non-hydrogen) atoms. The van der Waals surface area contributed by atoms with E-state index in [4.69, 9.17) is 0 Å². The molecule has 1 aliphatic heterocycles. The van der Waals surface area contributed by atoms with Gasteiger partial charge in [0.1, 0.15) is 0 Å². The average Bonchev–Trinajstić information content (AvgIpc) is 2.51. The third kappa shape index (κ3) is 8.95. The quantitative estimate of drug-likeness (QED) is 0.270. The Morgan fingerprint density at radius 3 is 2.36 bits per heavy atom. The molecule has 1 heterocycles. The molecule has 0 aromatic heterocycles. The number of rotatable bonds is 8. The van der Waals surface area contributed by atoms with E-state index >= 15 is 0 Å². The van der Waals surface area contributed by atoms with Gasteiger partial charge in [-0.1, -0.05) is 19.9 Å². The van der Waals surface area contributed by atoms with Crippen LogP contribution < -0.4 is 10.6 Å². The summed E-state index contributed by atoms with van der Waals surface area (Å²) in [7, 11) is 0. The van der Waals surface area contributed by atoms with Crippen LogP contribution in [0.1, 0.15) is 20.8 Å². The Morgan fingerprint density at radius 1 is 1.18 bits per heavy atom. The zero-order valence-electron chi connectivity index (χ0n) is 14.5. The SMILES string of the molecule is C=CCNC(=NCC(C)CN1CCN(CC)CC1)NCC.I. The Hall–Kier alpha value is -0.340.